The summed E-state index contributed by atoms with van der Waals surface area (Å²) < 4.78 is 1.89. The molecule has 0 atom stereocenters. The van der Waals surface area contributed by atoms with Crippen molar-refractivity contribution in [3.05, 3.63) is 57.2 Å². The van der Waals surface area contributed by atoms with Gasteiger partial charge in [-0.2, -0.15) is 0 Å². The number of nitroso groups, excluding NO2 is 1. The fourth-order valence-electron chi connectivity index (χ4n) is 1.31. The van der Waals surface area contributed by atoms with Crippen molar-refractivity contribution in [1.29, 1.82) is 0 Å². The first-order chi connectivity index (χ1) is 7.40. The molecule has 5 heteroatoms. The maximum absolute atomic E-state index is 10.1. The third-order valence-electron chi connectivity index (χ3n) is 1.98. The van der Waals surface area contributed by atoms with Gasteiger partial charge in [-0.25, -0.2) is 0 Å². The van der Waals surface area contributed by atoms with Gasteiger partial charge in [0.15, 0.2) is 0 Å². The zero-order chi connectivity index (χ0) is 10.5. The van der Waals surface area contributed by atoms with Gasteiger partial charge in [0.25, 0.3) is 0 Å². The molecule has 4 nitrogen and oxygen atoms in total. The van der Waals surface area contributed by atoms with Crippen molar-refractivity contribution in [2.24, 2.45) is 10.4 Å². The Labute approximate surface area is 90.5 Å². The standard InChI is InChI=1S/C10H9N3OS/c14-12-11-10-13(6-7-15-10)8-9-4-2-1-3-5-9/h1-7H,8H2/b11-10+. The molecule has 0 saturated heterocycles. The third-order valence-corrected chi connectivity index (χ3v) is 2.77. The molecule has 1 aromatic carbocycles. The summed E-state index contributed by atoms with van der Waals surface area (Å²) in [4.78, 5) is 10.7. The fourth-order valence-corrected chi connectivity index (χ4v) is 1.98. The van der Waals surface area contributed by atoms with Crippen LogP contribution in [0.1, 0.15) is 5.56 Å². The van der Waals surface area contributed by atoms with Gasteiger partial charge in [0.1, 0.15) is 0 Å². The fraction of sp³-hybridized carbons (Fsp3) is 0.100. The van der Waals surface area contributed by atoms with Crippen LogP contribution in [0.5, 0.6) is 0 Å². The number of hydrogen-bond donors (Lipinski definition) is 0. The lowest BCUT2D eigenvalue weighted by atomic mass is 10.2. The van der Waals surface area contributed by atoms with Crippen LogP contribution in [-0.4, -0.2) is 4.57 Å². The quantitative estimate of drug-likeness (QED) is 0.576. The first kappa shape index (κ1) is 9.79. The molecule has 0 amide bonds. The minimum Gasteiger partial charge on any atom is -0.318 e. The molecule has 1 heterocycles. The molecule has 0 spiro atoms. The van der Waals surface area contributed by atoms with E-state index in [1.165, 1.54) is 16.9 Å². The number of hydrogen-bond acceptors (Lipinski definition) is 3. The minimum atomic E-state index is 0.619. The van der Waals surface area contributed by atoms with E-state index in [9.17, 15) is 4.91 Å². The maximum atomic E-state index is 10.1. The number of rotatable bonds is 3. The van der Waals surface area contributed by atoms with Crippen molar-refractivity contribution in [3.8, 4) is 0 Å². The molecule has 0 unspecified atom stereocenters. The van der Waals surface area contributed by atoms with Crippen molar-refractivity contribution < 1.29 is 0 Å². The first-order valence-electron chi connectivity index (χ1n) is 4.44. The number of thiazole rings is 1. The van der Waals surface area contributed by atoms with Crippen LogP contribution in [-0.2, 0) is 6.54 Å². The molecule has 1 aromatic heterocycles. The Bertz CT molecular complexity index is 501. The second-order valence-corrected chi connectivity index (χ2v) is 3.85. The van der Waals surface area contributed by atoms with E-state index in [2.05, 4.69) is 10.4 Å². The van der Waals surface area contributed by atoms with Gasteiger partial charge < -0.3 is 4.57 Å². The van der Waals surface area contributed by atoms with E-state index >= 15 is 0 Å². The molecule has 0 aliphatic carbocycles. The number of nitrogens with zero attached hydrogens (tertiary/aromatic N) is 3. The average molecular weight is 219 g/mol. The normalized spacial score (nSPS) is 11.6. The van der Waals surface area contributed by atoms with Crippen LogP contribution in [0, 0.1) is 4.91 Å². The predicted molar refractivity (Wildman–Crippen MR) is 59.2 cm³/mol. The van der Waals surface area contributed by atoms with Crippen LogP contribution >= 0.6 is 11.3 Å². The number of benzene rings is 1. The van der Waals surface area contributed by atoms with E-state index in [1.54, 1.807) is 0 Å². The van der Waals surface area contributed by atoms with Crippen LogP contribution in [0.25, 0.3) is 0 Å². The summed E-state index contributed by atoms with van der Waals surface area (Å²) in [5.74, 6) is 0. The van der Waals surface area contributed by atoms with Gasteiger partial charge in [0.05, 0.1) is 5.29 Å². The monoisotopic (exact) mass is 219 g/mol. The highest BCUT2D eigenvalue weighted by molar-refractivity contribution is 7.07. The lowest BCUT2D eigenvalue weighted by molar-refractivity contribution is 0.759. The van der Waals surface area contributed by atoms with Gasteiger partial charge in [-0.3, -0.25) is 0 Å². The van der Waals surface area contributed by atoms with Crippen molar-refractivity contribution in [1.82, 2.24) is 4.57 Å². The van der Waals surface area contributed by atoms with E-state index in [4.69, 9.17) is 0 Å². The Balaban J connectivity index is 2.29. The molecule has 0 bridgehead atoms. The topological polar surface area (TPSA) is 46.7 Å². The summed E-state index contributed by atoms with van der Waals surface area (Å²) in [7, 11) is 0. The molecule has 15 heavy (non-hydrogen) atoms. The Hall–Kier alpha value is -1.75. The van der Waals surface area contributed by atoms with E-state index in [1.807, 2.05) is 46.5 Å². The van der Waals surface area contributed by atoms with Crippen LogP contribution in [0.2, 0.25) is 0 Å². The molecule has 0 fully saturated rings. The predicted octanol–water partition coefficient (Wildman–Crippen LogP) is 2.18. The van der Waals surface area contributed by atoms with Crippen molar-refractivity contribution in [2.75, 3.05) is 0 Å². The van der Waals surface area contributed by atoms with Crippen LogP contribution in [0.4, 0.5) is 0 Å². The molecular formula is C10H9N3OS. The highest BCUT2D eigenvalue weighted by Crippen LogP contribution is 2.01. The highest BCUT2D eigenvalue weighted by Gasteiger charge is 1.96. The molecule has 2 aromatic rings. The summed E-state index contributed by atoms with van der Waals surface area (Å²) in [6, 6.07) is 10.00. The average Bonchev–Trinajstić information content (AvgIpc) is 2.68. The molecule has 0 aliphatic heterocycles. The van der Waals surface area contributed by atoms with Gasteiger partial charge in [-0.1, -0.05) is 35.4 Å². The van der Waals surface area contributed by atoms with E-state index in [0.717, 1.165) is 0 Å². The van der Waals surface area contributed by atoms with Gasteiger partial charge in [0, 0.05) is 18.1 Å². The van der Waals surface area contributed by atoms with E-state index in [0.29, 0.717) is 11.3 Å². The minimum absolute atomic E-state index is 0.619. The molecule has 76 valence electrons. The Kier molecular flexibility index (Phi) is 3.04. The molecule has 0 aliphatic rings. The summed E-state index contributed by atoms with van der Waals surface area (Å²) in [6.45, 7) is 0.707. The largest absolute Gasteiger partial charge is 0.318 e. The Morgan fingerprint density at radius 3 is 2.80 bits per heavy atom. The summed E-state index contributed by atoms with van der Waals surface area (Å²) in [6.07, 6.45) is 1.89. The molecule has 0 saturated carbocycles. The summed E-state index contributed by atoms with van der Waals surface area (Å²) >= 11 is 1.40. The van der Waals surface area contributed by atoms with Gasteiger partial charge in [0.2, 0.25) is 4.80 Å². The van der Waals surface area contributed by atoms with Crippen molar-refractivity contribution in [3.63, 3.8) is 0 Å². The molecule has 0 radical (unpaired) electrons. The van der Waals surface area contributed by atoms with Crippen LogP contribution in [0.3, 0.4) is 0 Å². The van der Waals surface area contributed by atoms with Gasteiger partial charge in [-0.15, -0.1) is 16.2 Å². The smallest absolute Gasteiger partial charge is 0.214 e. The van der Waals surface area contributed by atoms with Crippen molar-refractivity contribution in [2.45, 2.75) is 6.54 Å². The van der Waals surface area contributed by atoms with Crippen molar-refractivity contribution >= 4 is 11.3 Å². The summed E-state index contributed by atoms with van der Waals surface area (Å²) in [5, 5.41) is 7.94. The summed E-state index contributed by atoms with van der Waals surface area (Å²) in [5.41, 5.74) is 1.17. The molecular weight excluding hydrogens is 210 g/mol. The zero-order valence-corrected chi connectivity index (χ0v) is 8.72. The lowest BCUT2D eigenvalue weighted by Gasteiger charge is -2.01. The molecule has 0 N–H and O–H groups in total. The second-order valence-electron chi connectivity index (χ2n) is 2.98. The lowest BCUT2D eigenvalue weighted by Crippen LogP contribution is -2.13. The number of aromatic nitrogens is 1. The SMILES string of the molecule is O=N/N=c1/sccn1Cc1ccccc1. The van der Waals surface area contributed by atoms with E-state index in [-0.39, 0.29) is 0 Å². The Morgan fingerprint density at radius 1 is 1.27 bits per heavy atom. The molecule has 2 rings (SSSR count). The van der Waals surface area contributed by atoms with Crippen LogP contribution in [0.15, 0.2) is 52.3 Å². The van der Waals surface area contributed by atoms with Gasteiger partial charge in [-0.05, 0) is 5.56 Å². The first-order valence-corrected chi connectivity index (χ1v) is 5.32. The second kappa shape index (κ2) is 4.65. The highest BCUT2D eigenvalue weighted by atomic mass is 32.1. The van der Waals surface area contributed by atoms with Gasteiger partial charge >= 0.3 is 0 Å². The maximum Gasteiger partial charge on any atom is 0.214 e. The van der Waals surface area contributed by atoms with Crippen LogP contribution < -0.4 is 4.80 Å². The zero-order valence-electron chi connectivity index (χ0n) is 7.91. The Morgan fingerprint density at radius 2 is 2.07 bits per heavy atom. The third kappa shape index (κ3) is 2.38. The van der Waals surface area contributed by atoms with E-state index < -0.39 is 0 Å².